The summed E-state index contributed by atoms with van der Waals surface area (Å²) >= 11 is 0. The highest BCUT2D eigenvalue weighted by Crippen LogP contribution is 2.24. The highest BCUT2D eigenvalue weighted by molar-refractivity contribution is 5.34. The van der Waals surface area contributed by atoms with Crippen LogP contribution >= 0.6 is 0 Å². The van der Waals surface area contributed by atoms with E-state index < -0.39 is 5.82 Å². The maximum Gasteiger partial charge on any atom is 0.239 e. The van der Waals surface area contributed by atoms with Crippen LogP contribution in [0.15, 0.2) is 30.3 Å². The van der Waals surface area contributed by atoms with Crippen molar-refractivity contribution in [2.75, 3.05) is 5.73 Å². The Balaban J connectivity index is 2.27. The number of nitrogens with zero attached hydrogens (tertiary/aromatic N) is 2. The number of anilines is 1. The molecule has 0 amide bonds. The standard InChI is InChI=1S/C11H10FN3O/c1-7-3-2-4-8(11(7)12)16-10-6-5-9(13)14-15-10/h2-6H,1H3,(H2,13,14). The SMILES string of the molecule is Cc1cccc(Oc2ccc(N)nn2)c1F. The zero-order valence-electron chi connectivity index (χ0n) is 8.64. The zero-order chi connectivity index (χ0) is 11.5. The van der Waals surface area contributed by atoms with E-state index in [1.165, 1.54) is 18.2 Å². The van der Waals surface area contributed by atoms with E-state index in [1.807, 2.05) is 0 Å². The quantitative estimate of drug-likeness (QED) is 0.841. The number of halogens is 1. The highest BCUT2D eigenvalue weighted by atomic mass is 19.1. The van der Waals surface area contributed by atoms with E-state index >= 15 is 0 Å². The molecule has 0 spiro atoms. The van der Waals surface area contributed by atoms with Crippen molar-refractivity contribution < 1.29 is 9.13 Å². The molecule has 0 aliphatic heterocycles. The van der Waals surface area contributed by atoms with Crippen LogP contribution in [-0.2, 0) is 0 Å². The van der Waals surface area contributed by atoms with Gasteiger partial charge in [-0.3, -0.25) is 0 Å². The van der Waals surface area contributed by atoms with Crippen LogP contribution in [0.2, 0.25) is 0 Å². The smallest absolute Gasteiger partial charge is 0.239 e. The van der Waals surface area contributed by atoms with Gasteiger partial charge < -0.3 is 10.5 Å². The average Bonchev–Trinajstić information content (AvgIpc) is 2.28. The van der Waals surface area contributed by atoms with E-state index in [-0.39, 0.29) is 17.4 Å². The van der Waals surface area contributed by atoms with Crippen molar-refractivity contribution in [1.29, 1.82) is 0 Å². The van der Waals surface area contributed by atoms with Gasteiger partial charge in [-0.1, -0.05) is 12.1 Å². The minimum absolute atomic E-state index is 0.124. The Hall–Kier alpha value is -2.17. The van der Waals surface area contributed by atoms with Gasteiger partial charge in [0.25, 0.3) is 0 Å². The Morgan fingerprint density at radius 3 is 2.69 bits per heavy atom. The summed E-state index contributed by atoms with van der Waals surface area (Å²) in [5.74, 6) is 0.218. The number of aryl methyl sites for hydroxylation is 1. The molecule has 16 heavy (non-hydrogen) atoms. The van der Waals surface area contributed by atoms with Gasteiger partial charge in [-0.25, -0.2) is 4.39 Å². The van der Waals surface area contributed by atoms with Gasteiger partial charge in [0.05, 0.1) is 0 Å². The third kappa shape index (κ3) is 2.08. The predicted molar refractivity (Wildman–Crippen MR) is 57.7 cm³/mol. The molecule has 0 bridgehead atoms. The lowest BCUT2D eigenvalue weighted by Gasteiger charge is -2.06. The average molecular weight is 219 g/mol. The van der Waals surface area contributed by atoms with Crippen LogP contribution in [0.4, 0.5) is 10.2 Å². The van der Waals surface area contributed by atoms with Crippen molar-refractivity contribution in [2.24, 2.45) is 0 Å². The summed E-state index contributed by atoms with van der Waals surface area (Å²) in [5, 5.41) is 7.29. The van der Waals surface area contributed by atoms with Crippen molar-refractivity contribution in [1.82, 2.24) is 10.2 Å². The number of nitrogen functional groups attached to an aromatic ring is 1. The fourth-order valence-corrected chi connectivity index (χ4v) is 1.20. The third-order valence-electron chi connectivity index (χ3n) is 2.03. The predicted octanol–water partition coefficient (Wildman–Crippen LogP) is 2.30. The molecule has 0 aliphatic carbocycles. The first-order valence-electron chi connectivity index (χ1n) is 4.69. The maximum absolute atomic E-state index is 13.6. The molecule has 0 unspecified atom stereocenters. The van der Waals surface area contributed by atoms with E-state index in [4.69, 9.17) is 10.5 Å². The second-order valence-electron chi connectivity index (χ2n) is 3.29. The molecule has 0 saturated carbocycles. The first kappa shape index (κ1) is 10.4. The summed E-state index contributed by atoms with van der Waals surface area (Å²) in [6.45, 7) is 1.66. The normalized spacial score (nSPS) is 10.1. The van der Waals surface area contributed by atoms with Crippen molar-refractivity contribution in [3.63, 3.8) is 0 Å². The van der Waals surface area contributed by atoms with Gasteiger partial charge in [-0.05, 0) is 24.6 Å². The van der Waals surface area contributed by atoms with Gasteiger partial charge in [0.15, 0.2) is 11.6 Å². The minimum Gasteiger partial charge on any atom is -0.434 e. The first-order chi connectivity index (χ1) is 7.66. The van der Waals surface area contributed by atoms with Crippen molar-refractivity contribution in [3.05, 3.63) is 41.7 Å². The van der Waals surface area contributed by atoms with E-state index in [0.717, 1.165) is 0 Å². The van der Waals surface area contributed by atoms with Gasteiger partial charge >= 0.3 is 0 Å². The van der Waals surface area contributed by atoms with E-state index in [2.05, 4.69) is 10.2 Å². The molecule has 5 heteroatoms. The molecule has 1 heterocycles. The van der Waals surface area contributed by atoms with Crippen molar-refractivity contribution in [2.45, 2.75) is 6.92 Å². The molecule has 1 aromatic carbocycles. The van der Waals surface area contributed by atoms with Crippen molar-refractivity contribution >= 4 is 5.82 Å². The summed E-state index contributed by atoms with van der Waals surface area (Å²) in [6, 6.07) is 7.97. The topological polar surface area (TPSA) is 61.0 Å². The lowest BCUT2D eigenvalue weighted by molar-refractivity contribution is 0.420. The number of rotatable bonds is 2. The lowest BCUT2D eigenvalue weighted by atomic mass is 10.2. The second kappa shape index (κ2) is 4.14. The molecular weight excluding hydrogens is 209 g/mol. The van der Waals surface area contributed by atoms with E-state index in [9.17, 15) is 4.39 Å². The van der Waals surface area contributed by atoms with Crippen molar-refractivity contribution in [3.8, 4) is 11.6 Å². The summed E-state index contributed by atoms with van der Waals surface area (Å²) in [7, 11) is 0. The number of aromatic nitrogens is 2. The van der Waals surface area contributed by atoms with Gasteiger partial charge in [-0.2, -0.15) is 0 Å². The molecule has 2 aromatic rings. The molecule has 4 nitrogen and oxygen atoms in total. The number of nitrogens with two attached hydrogens (primary N) is 1. The summed E-state index contributed by atoms with van der Waals surface area (Å²) in [5.41, 5.74) is 5.89. The Morgan fingerprint density at radius 1 is 1.19 bits per heavy atom. The molecule has 0 aliphatic rings. The summed E-state index contributed by atoms with van der Waals surface area (Å²) < 4.78 is 18.8. The van der Waals surface area contributed by atoms with Crippen LogP contribution in [-0.4, -0.2) is 10.2 Å². The Morgan fingerprint density at radius 2 is 2.00 bits per heavy atom. The molecule has 0 saturated heterocycles. The fraction of sp³-hybridized carbons (Fsp3) is 0.0909. The number of hydrogen-bond donors (Lipinski definition) is 1. The molecular formula is C11H10FN3O. The van der Waals surface area contributed by atoms with Gasteiger partial charge in [0.1, 0.15) is 5.82 Å². The van der Waals surface area contributed by atoms with Crippen LogP contribution in [0.25, 0.3) is 0 Å². The maximum atomic E-state index is 13.6. The van der Waals surface area contributed by atoms with Crippen LogP contribution in [0.5, 0.6) is 11.6 Å². The van der Waals surface area contributed by atoms with Gasteiger partial charge in [0, 0.05) is 6.07 Å². The highest BCUT2D eigenvalue weighted by Gasteiger charge is 2.07. The largest absolute Gasteiger partial charge is 0.434 e. The molecule has 0 radical (unpaired) electrons. The van der Waals surface area contributed by atoms with Crippen LogP contribution < -0.4 is 10.5 Å². The van der Waals surface area contributed by atoms with E-state index in [1.54, 1.807) is 19.1 Å². The van der Waals surface area contributed by atoms with Crippen LogP contribution in [0.1, 0.15) is 5.56 Å². The zero-order valence-corrected chi connectivity index (χ0v) is 8.64. The molecule has 82 valence electrons. The Bertz CT molecular complexity index is 499. The fourth-order valence-electron chi connectivity index (χ4n) is 1.20. The summed E-state index contributed by atoms with van der Waals surface area (Å²) in [4.78, 5) is 0. The number of benzene rings is 1. The Labute approximate surface area is 91.9 Å². The minimum atomic E-state index is -0.402. The van der Waals surface area contributed by atoms with E-state index in [0.29, 0.717) is 5.56 Å². The molecule has 2 rings (SSSR count). The summed E-state index contributed by atoms with van der Waals surface area (Å²) in [6.07, 6.45) is 0. The number of ether oxygens (including phenoxy) is 1. The molecule has 0 fully saturated rings. The monoisotopic (exact) mass is 219 g/mol. The molecule has 2 N–H and O–H groups in total. The van der Waals surface area contributed by atoms with Crippen LogP contribution in [0, 0.1) is 12.7 Å². The Kier molecular flexibility index (Phi) is 2.68. The lowest BCUT2D eigenvalue weighted by Crippen LogP contribution is -1.96. The third-order valence-corrected chi connectivity index (χ3v) is 2.03. The molecule has 1 aromatic heterocycles. The molecule has 0 atom stereocenters. The van der Waals surface area contributed by atoms with Gasteiger partial charge in [0.2, 0.25) is 5.88 Å². The van der Waals surface area contributed by atoms with Gasteiger partial charge in [-0.15, -0.1) is 10.2 Å². The number of hydrogen-bond acceptors (Lipinski definition) is 4. The second-order valence-corrected chi connectivity index (χ2v) is 3.29. The van der Waals surface area contributed by atoms with Crippen LogP contribution in [0.3, 0.4) is 0 Å². The first-order valence-corrected chi connectivity index (χ1v) is 4.69.